The molecular weight excluding hydrogens is 502 g/mol. The number of carbonyl (C=O) groups is 1. The molecule has 1 aliphatic heterocycles. The summed E-state index contributed by atoms with van der Waals surface area (Å²) in [5.41, 5.74) is 4.98. The number of hydrogen-bond acceptors (Lipinski definition) is 5. The number of hydrogen-bond donors (Lipinski definition) is 1. The van der Waals surface area contributed by atoms with Crippen molar-refractivity contribution in [3.63, 3.8) is 0 Å². The Kier molecular flexibility index (Phi) is 6.11. The molecule has 0 bridgehead atoms. The number of para-hydroxylation sites is 1. The lowest BCUT2D eigenvalue weighted by Gasteiger charge is -2.18. The fourth-order valence-electron chi connectivity index (χ4n) is 4.71. The summed E-state index contributed by atoms with van der Waals surface area (Å²) in [4.78, 5) is 19.2. The average molecular weight is 524 g/mol. The van der Waals surface area contributed by atoms with Gasteiger partial charge in [0.25, 0.3) is 0 Å². The standard InChI is InChI=1S/C31H22ClNO3S/c1-18-21-15-22(26(34)17-27(21)36-31(18)30(35)19-9-3-2-4-10-19)25-16-29(20-11-5-6-12-23(20)32)37-28-14-8-7-13-24(28)33-25/h2-15,17,29,34H,16H2,1H3/t29-/m1/s1. The maximum Gasteiger partial charge on any atom is 0.228 e. The van der Waals surface area contributed by atoms with Gasteiger partial charge in [0.15, 0.2) is 5.76 Å². The minimum atomic E-state index is -0.189. The molecular formula is C31H22ClNO3S. The molecule has 4 nitrogen and oxygen atoms in total. The fourth-order valence-corrected chi connectivity index (χ4v) is 6.32. The fraction of sp³-hybridized carbons (Fsp3) is 0.0968. The van der Waals surface area contributed by atoms with Gasteiger partial charge in [0.1, 0.15) is 11.3 Å². The third-order valence-corrected chi connectivity index (χ3v) is 8.28. The number of phenolic OH excluding ortho intramolecular Hbond substituents is 1. The first-order valence-electron chi connectivity index (χ1n) is 11.9. The van der Waals surface area contributed by atoms with Gasteiger partial charge in [-0.05, 0) is 36.8 Å². The molecule has 0 unspecified atom stereocenters. The van der Waals surface area contributed by atoms with E-state index in [-0.39, 0.29) is 22.5 Å². The summed E-state index contributed by atoms with van der Waals surface area (Å²) in [6, 6.07) is 28.3. The molecule has 0 aliphatic carbocycles. The van der Waals surface area contributed by atoms with Crippen LogP contribution in [0, 0.1) is 6.92 Å². The molecule has 0 saturated heterocycles. The number of aryl methyl sites for hydroxylation is 1. The predicted molar refractivity (Wildman–Crippen MR) is 150 cm³/mol. The molecule has 6 heteroatoms. The maximum atomic E-state index is 13.1. The molecule has 5 aromatic rings. The number of rotatable bonds is 4. The van der Waals surface area contributed by atoms with Gasteiger partial charge in [-0.15, -0.1) is 11.8 Å². The highest BCUT2D eigenvalue weighted by Gasteiger charge is 2.27. The number of ketones is 1. The van der Waals surface area contributed by atoms with Gasteiger partial charge >= 0.3 is 0 Å². The monoisotopic (exact) mass is 523 g/mol. The summed E-state index contributed by atoms with van der Waals surface area (Å²) in [6.45, 7) is 1.87. The summed E-state index contributed by atoms with van der Waals surface area (Å²) in [5.74, 6) is 0.141. The van der Waals surface area contributed by atoms with E-state index in [1.165, 1.54) is 0 Å². The Hall–Kier alpha value is -3.80. The van der Waals surface area contributed by atoms with Crippen LogP contribution in [0.25, 0.3) is 11.0 Å². The van der Waals surface area contributed by atoms with E-state index in [2.05, 4.69) is 6.07 Å². The summed E-state index contributed by atoms with van der Waals surface area (Å²) in [7, 11) is 0. The lowest BCUT2D eigenvalue weighted by molar-refractivity contribution is 0.101. The van der Waals surface area contributed by atoms with Crippen LogP contribution in [0.4, 0.5) is 5.69 Å². The Morgan fingerprint density at radius 3 is 2.54 bits per heavy atom. The van der Waals surface area contributed by atoms with Crippen molar-refractivity contribution in [2.75, 3.05) is 0 Å². The first kappa shape index (κ1) is 23.6. The first-order chi connectivity index (χ1) is 18.0. The number of nitrogens with zero attached hydrogens (tertiary/aromatic N) is 1. The van der Waals surface area contributed by atoms with Crippen LogP contribution in [0.3, 0.4) is 0 Å². The third kappa shape index (κ3) is 4.35. The van der Waals surface area contributed by atoms with Crippen molar-refractivity contribution in [1.29, 1.82) is 0 Å². The number of furan rings is 1. The molecule has 0 saturated carbocycles. The van der Waals surface area contributed by atoms with Crippen LogP contribution in [0.15, 0.2) is 105 Å². The normalized spacial score (nSPS) is 15.2. The number of phenols is 1. The Morgan fingerprint density at radius 2 is 1.73 bits per heavy atom. The van der Waals surface area contributed by atoms with Gasteiger partial charge in [0, 0.05) is 49.7 Å². The number of benzene rings is 4. The summed E-state index contributed by atoms with van der Waals surface area (Å²) < 4.78 is 5.95. The van der Waals surface area contributed by atoms with Gasteiger partial charge in [-0.2, -0.15) is 0 Å². The summed E-state index contributed by atoms with van der Waals surface area (Å²) in [5, 5.41) is 12.6. The molecule has 2 heterocycles. The van der Waals surface area contributed by atoms with E-state index in [4.69, 9.17) is 21.0 Å². The molecule has 4 aromatic carbocycles. The zero-order chi connectivity index (χ0) is 25.5. The SMILES string of the molecule is Cc1c(C(=O)c2ccccc2)oc2cc(O)c(C3=Nc4ccccc4S[C@@H](c4ccccc4Cl)C3)cc12. The van der Waals surface area contributed by atoms with E-state index in [0.29, 0.717) is 28.2 Å². The minimum absolute atomic E-state index is 0.00635. The molecule has 182 valence electrons. The van der Waals surface area contributed by atoms with E-state index in [0.717, 1.165) is 32.8 Å². The second kappa shape index (κ2) is 9.58. The number of thioether (sulfide) groups is 1. The largest absolute Gasteiger partial charge is 0.507 e. The van der Waals surface area contributed by atoms with Crippen LogP contribution >= 0.6 is 23.4 Å². The quantitative estimate of drug-likeness (QED) is 0.239. The van der Waals surface area contributed by atoms with Gasteiger partial charge in [-0.1, -0.05) is 72.3 Å². The number of carbonyl (C=O) groups excluding carboxylic acids is 1. The molecule has 1 atom stereocenters. The maximum absolute atomic E-state index is 13.1. The molecule has 1 N–H and O–H groups in total. The van der Waals surface area contributed by atoms with Crippen molar-refractivity contribution >= 4 is 51.5 Å². The van der Waals surface area contributed by atoms with Crippen LogP contribution in [0.1, 0.15) is 44.5 Å². The van der Waals surface area contributed by atoms with E-state index in [1.54, 1.807) is 30.0 Å². The zero-order valence-corrected chi connectivity index (χ0v) is 21.5. The van der Waals surface area contributed by atoms with E-state index in [1.807, 2.05) is 73.7 Å². The van der Waals surface area contributed by atoms with Crippen LogP contribution in [-0.2, 0) is 0 Å². The Balaban J connectivity index is 1.48. The van der Waals surface area contributed by atoms with Gasteiger partial charge in [0.2, 0.25) is 5.78 Å². The molecule has 6 rings (SSSR count). The van der Waals surface area contributed by atoms with Crippen molar-refractivity contribution < 1.29 is 14.3 Å². The van der Waals surface area contributed by atoms with Gasteiger partial charge < -0.3 is 9.52 Å². The van der Waals surface area contributed by atoms with Crippen molar-refractivity contribution in [2.24, 2.45) is 4.99 Å². The van der Waals surface area contributed by atoms with E-state index >= 15 is 0 Å². The Bertz CT molecular complexity index is 1690. The molecule has 37 heavy (non-hydrogen) atoms. The molecule has 1 aliphatic rings. The number of aromatic hydroxyl groups is 1. The van der Waals surface area contributed by atoms with Gasteiger partial charge in [0.05, 0.1) is 11.4 Å². The van der Waals surface area contributed by atoms with Crippen molar-refractivity contribution in [3.05, 3.63) is 124 Å². The highest BCUT2D eigenvalue weighted by Crippen LogP contribution is 2.48. The van der Waals surface area contributed by atoms with E-state index < -0.39 is 0 Å². The predicted octanol–water partition coefficient (Wildman–Crippen LogP) is 8.69. The van der Waals surface area contributed by atoms with Gasteiger partial charge in [-0.3, -0.25) is 9.79 Å². The molecule has 0 radical (unpaired) electrons. The molecule has 1 aromatic heterocycles. The smallest absolute Gasteiger partial charge is 0.228 e. The van der Waals surface area contributed by atoms with Crippen molar-refractivity contribution in [1.82, 2.24) is 0 Å². The van der Waals surface area contributed by atoms with Crippen LogP contribution < -0.4 is 0 Å². The topological polar surface area (TPSA) is 62.8 Å². The highest BCUT2D eigenvalue weighted by atomic mass is 35.5. The van der Waals surface area contributed by atoms with E-state index in [9.17, 15) is 9.90 Å². The molecule has 0 spiro atoms. The Labute approximate surface area is 223 Å². The van der Waals surface area contributed by atoms with Gasteiger partial charge in [-0.25, -0.2) is 0 Å². The molecule has 0 fully saturated rings. The average Bonchev–Trinajstić information content (AvgIpc) is 3.10. The van der Waals surface area contributed by atoms with Crippen LogP contribution in [0.2, 0.25) is 5.02 Å². The molecule has 0 amide bonds. The third-order valence-electron chi connectivity index (χ3n) is 6.63. The van der Waals surface area contributed by atoms with Crippen LogP contribution in [-0.4, -0.2) is 16.6 Å². The Morgan fingerprint density at radius 1 is 1.00 bits per heavy atom. The number of aliphatic imine (C=N–C) groups is 1. The minimum Gasteiger partial charge on any atom is -0.507 e. The highest BCUT2D eigenvalue weighted by molar-refractivity contribution is 7.99. The summed E-state index contributed by atoms with van der Waals surface area (Å²) >= 11 is 8.32. The second-order valence-corrected chi connectivity index (χ2v) is 10.6. The second-order valence-electron chi connectivity index (χ2n) is 8.98. The lowest BCUT2D eigenvalue weighted by Crippen LogP contribution is -2.06. The lowest BCUT2D eigenvalue weighted by atomic mass is 9.98. The van der Waals surface area contributed by atoms with Crippen molar-refractivity contribution in [3.8, 4) is 5.75 Å². The number of fused-ring (bicyclic) bond motifs is 2. The first-order valence-corrected chi connectivity index (χ1v) is 13.2. The summed E-state index contributed by atoms with van der Waals surface area (Å²) in [6.07, 6.45) is 0.564. The number of halogens is 1. The van der Waals surface area contributed by atoms with Crippen molar-refractivity contribution in [2.45, 2.75) is 23.5 Å². The van der Waals surface area contributed by atoms with Crippen LogP contribution in [0.5, 0.6) is 5.75 Å². The zero-order valence-electron chi connectivity index (χ0n) is 19.9.